The molecule has 0 spiro atoms. The maximum Gasteiger partial charge on any atom is 0.290 e. The molecule has 0 unspecified atom stereocenters. The molecule has 6 heteroatoms. The molecule has 94 valence electrons. The van der Waals surface area contributed by atoms with E-state index in [0.717, 1.165) is 11.8 Å². The van der Waals surface area contributed by atoms with E-state index in [2.05, 4.69) is 5.32 Å². The van der Waals surface area contributed by atoms with Gasteiger partial charge in [-0.2, -0.15) is 0 Å². The summed E-state index contributed by atoms with van der Waals surface area (Å²) in [6, 6.07) is 5.24. The Morgan fingerprint density at radius 1 is 1.22 bits per heavy atom. The molecule has 1 N–H and O–H groups in total. The van der Waals surface area contributed by atoms with Crippen LogP contribution in [0.15, 0.2) is 23.1 Å². The van der Waals surface area contributed by atoms with Gasteiger partial charge in [-0.15, -0.1) is 0 Å². The van der Waals surface area contributed by atoms with Crippen molar-refractivity contribution in [2.45, 2.75) is 0 Å². The van der Waals surface area contributed by atoms with Crippen LogP contribution in [0.5, 0.6) is 11.5 Å². The summed E-state index contributed by atoms with van der Waals surface area (Å²) in [7, 11) is 3.09. The van der Waals surface area contributed by atoms with E-state index in [1.165, 1.54) is 7.11 Å². The molecule has 1 aliphatic rings. The molecule has 2 rings (SSSR count). The molecule has 0 saturated carbocycles. The average Bonchev–Trinajstić information content (AvgIpc) is 2.68. The third kappa shape index (κ3) is 2.48. The summed E-state index contributed by atoms with van der Waals surface area (Å²) in [5.74, 6) is 0.853. The molecule has 0 bridgehead atoms. The number of hydrogen-bond donors (Lipinski definition) is 1. The molecule has 0 aliphatic carbocycles. The van der Waals surface area contributed by atoms with Gasteiger partial charge in [0.05, 0.1) is 19.1 Å². The van der Waals surface area contributed by atoms with Crippen LogP contribution in [0.1, 0.15) is 5.56 Å². The van der Waals surface area contributed by atoms with Crippen LogP contribution in [0.4, 0.5) is 4.79 Å². The van der Waals surface area contributed by atoms with Crippen LogP contribution in [-0.2, 0) is 4.79 Å². The highest BCUT2D eigenvalue weighted by molar-refractivity contribution is 8.18. The van der Waals surface area contributed by atoms with Crippen molar-refractivity contribution in [3.63, 3.8) is 0 Å². The van der Waals surface area contributed by atoms with E-state index in [0.29, 0.717) is 22.0 Å². The molecular formula is C12H11NO4S. The summed E-state index contributed by atoms with van der Waals surface area (Å²) in [4.78, 5) is 22.8. The quantitative estimate of drug-likeness (QED) is 0.847. The zero-order valence-electron chi connectivity index (χ0n) is 9.85. The van der Waals surface area contributed by atoms with Crippen molar-refractivity contribution in [1.29, 1.82) is 0 Å². The standard InChI is InChI=1S/C12H11NO4S/c1-16-8-4-3-7(9(6-8)17-2)5-10-11(14)13-12(15)18-10/h3-6H,1-2H3,(H,13,14,15)/b10-5-. The molecule has 1 aromatic rings. The zero-order chi connectivity index (χ0) is 13.1. The first-order valence-electron chi connectivity index (χ1n) is 5.11. The fourth-order valence-corrected chi connectivity index (χ4v) is 2.17. The van der Waals surface area contributed by atoms with E-state index in [1.54, 1.807) is 31.4 Å². The monoisotopic (exact) mass is 265 g/mol. The van der Waals surface area contributed by atoms with Crippen LogP contribution >= 0.6 is 11.8 Å². The number of nitrogens with one attached hydrogen (secondary N) is 1. The van der Waals surface area contributed by atoms with Gasteiger partial charge in [-0.1, -0.05) is 0 Å². The van der Waals surface area contributed by atoms with Gasteiger partial charge in [-0.3, -0.25) is 14.9 Å². The molecule has 5 nitrogen and oxygen atoms in total. The van der Waals surface area contributed by atoms with E-state index in [-0.39, 0.29) is 11.1 Å². The summed E-state index contributed by atoms with van der Waals surface area (Å²) >= 11 is 0.872. The number of amides is 2. The van der Waals surface area contributed by atoms with Crippen molar-refractivity contribution in [2.75, 3.05) is 14.2 Å². The van der Waals surface area contributed by atoms with Crippen LogP contribution in [0.25, 0.3) is 6.08 Å². The highest BCUT2D eigenvalue weighted by atomic mass is 32.2. The molecule has 1 aliphatic heterocycles. The number of benzene rings is 1. The lowest BCUT2D eigenvalue weighted by molar-refractivity contribution is -0.115. The highest BCUT2D eigenvalue weighted by Crippen LogP contribution is 2.31. The average molecular weight is 265 g/mol. The van der Waals surface area contributed by atoms with E-state index in [9.17, 15) is 9.59 Å². The second-order valence-corrected chi connectivity index (χ2v) is 4.47. The number of carbonyl (C=O) groups excluding carboxylic acids is 2. The first kappa shape index (κ1) is 12.5. The van der Waals surface area contributed by atoms with Gasteiger partial charge in [0.15, 0.2) is 0 Å². The van der Waals surface area contributed by atoms with Gasteiger partial charge in [-0.05, 0) is 30.0 Å². The Bertz CT molecular complexity index is 539. The molecule has 1 saturated heterocycles. The van der Waals surface area contributed by atoms with Gasteiger partial charge in [0.1, 0.15) is 11.5 Å². The summed E-state index contributed by atoms with van der Waals surface area (Å²) in [5.41, 5.74) is 0.714. The van der Waals surface area contributed by atoms with E-state index in [1.807, 2.05) is 0 Å². The summed E-state index contributed by atoms with van der Waals surface area (Å²) in [6.07, 6.45) is 1.61. The molecule has 0 radical (unpaired) electrons. The van der Waals surface area contributed by atoms with Gasteiger partial charge in [-0.25, -0.2) is 0 Å². The van der Waals surface area contributed by atoms with Gasteiger partial charge in [0.2, 0.25) is 0 Å². The summed E-state index contributed by atoms with van der Waals surface area (Å²) < 4.78 is 10.3. The highest BCUT2D eigenvalue weighted by Gasteiger charge is 2.25. The van der Waals surface area contributed by atoms with E-state index >= 15 is 0 Å². The Labute approximate surface area is 108 Å². The second-order valence-electron chi connectivity index (χ2n) is 3.46. The van der Waals surface area contributed by atoms with Crippen LogP contribution in [0, 0.1) is 0 Å². The van der Waals surface area contributed by atoms with Gasteiger partial charge in [0.25, 0.3) is 11.1 Å². The lowest BCUT2D eigenvalue weighted by Crippen LogP contribution is -2.17. The Morgan fingerprint density at radius 3 is 2.56 bits per heavy atom. The number of thioether (sulfide) groups is 1. The molecule has 1 fully saturated rings. The van der Waals surface area contributed by atoms with Crippen molar-refractivity contribution < 1.29 is 19.1 Å². The lowest BCUT2D eigenvalue weighted by Gasteiger charge is -2.07. The number of hydrogen-bond acceptors (Lipinski definition) is 5. The third-order valence-electron chi connectivity index (χ3n) is 2.37. The van der Waals surface area contributed by atoms with Crippen molar-refractivity contribution in [3.8, 4) is 11.5 Å². The minimum atomic E-state index is -0.386. The fraction of sp³-hybridized carbons (Fsp3) is 0.167. The molecule has 0 atom stereocenters. The summed E-state index contributed by atoms with van der Waals surface area (Å²) in [5, 5.41) is 1.84. The third-order valence-corrected chi connectivity index (χ3v) is 3.18. The predicted molar refractivity (Wildman–Crippen MR) is 68.7 cm³/mol. The smallest absolute Gasteiger partial charge is 0.290 e. The molecular weight excluding hydrogens is 254 g/mol. The number of ether oxygens (including phenoxy) is 2. The van der Waals surface area contributed by atoms with Crippen LogP contribution in [0.3, 0.4) is 0 Å². The van der Waals surface area contributed by atoms with E-state index < -0.39 is 0 Å². The van der Waals surface area contributed by atoms with Crippen LogP contribution < -0.4 is 14.8 Å². The van der Waals surface area contributed by atoms with Crippen molar-refractivity contribution in [3.05, 3.63) is 28.7 Å². The van der Waals surface area contributed by atoms with Gasteiger partial charge < -0.3 is 9.47 Å². The van der Waals surface area contributed by atoms with Crippen LogP contribution in [-0.4, -0.2) is 25.4 Å². The molecule has 1 aromatic carbocycles. The SMILES string of the molecule is COc1ccc(/C=C2\SC(=O)NC2=O)c(OC)c1. The number of methoxy groups -OCH3 is 2. The topological polar surface area (TPSA) is 64.6 Å². The Balaban J connectivity index is 2.37. The van der Waals surface area contributed by atoms with Crippen molar-refractivity contribution >= 4 is 29.0 Å². The Morgan fingerprint density at radius 2 is 2.00 bits per heavy atom. The lowest BCUT2D eigenvalue weighted by atomic mass is 10.1. The Hall–Kier alpha value is -1.95. The number of rotatable bonds is 3. The van der Waals surface area contributed by atoms with E-state index in [4.69, 9.17) is 9.47 Å². The zero-order valence-corrected chi connectivity index (χ0v) is 10.7. The first-order valence-corrected chi connectivity index (χ1v) is 5.92. The second kappa shape index (κ2) is 5.14. The van der Waals surface area contributed by atoms with Crippen molar-refractivity contribution in [1.82, 2.24) is 5.32 Å². The maximum absolute atomic E-state index is 11.4. The normalized spacial score (nSPS) is 16.9. The molecule has 1 heterocycles. The van der Waals surface area contributed by atoms with Gasteiger partial charge >= 0.3 is 0 Å². The molecule has 2 amide bonds. The van der Waals surface area contributed by atoms with Crippen molar-refractivity contribution in [2.24, 2.45) is 0 Å². The minimum absolute atomic E-state index is 0.350. The Kier molecular flexibility index (Phi) is 3.57. The van der Waals surface area contributed by atoms with Crippen LogP contribution in [0.2, 0.25) is 0 Å². The number of imide groups is 1. The first-order chi connectivity index (χ1) is 8.63. The maximum atomic E-state index is 11.4. The fourth-order valence-electron chi connectivity index (χ4n) is 1.50. The van der Waals surface area contributed by atoms with Gasteiger partial charge in [0, 0.05) is 11.6 Å². The predicted octanol–water partition coefficient (Wildman–Crippen LogP) is 2.03. The molecule has 18 heavy (non-hydrogen) atoms. The number of carbonyl (C=O) groups is 2. The molecule has 0 aromatic heterocycles. The summed E-state index contributed by atoms with van der Waals surface area (Å²) in [6.45, 7) is 0. The minimum Gasteiger partial charge on any atom is -0.497 e. The largest absolute Gasteiger partial charge is 0.497 e.